The number of hydrogen-bond donors (Lipinski definition) is 0. The van der Waals surface area contributed by atoms with Gasteiger partial charge in [-0.1, -0.05) is 121 Å². The van der Waals surface area contributed by atoms with E-state index in [4.69, 9.17) is 4.74 Å². The van der Waals surface area contributed by atoms with Gasteiger partial charge in [-0.05, 0) is 46.3 Å². The van der Waals surface area contributed by atoms with Crippen LogP contribution in [0.25, 0.3) is 22.3 Å². The Labute approximate surface area is 241 Å². The van der Waals surface area contributed by atoms with Gasteiger partial charge in [-0.25, -0.2) is 0 Å². The molecule has 4 heteroatoms. The molecule has 6 aromatic carbocycles. The minimum atomic E-state index is -0.0999. The van der Waals surface area contributed by atoms with Crippen LogP contribution in [0.1, 0.15) is 0 Å². The lowest BCUT2D eigenvalue weighted by atomic mass is 9.47. The Morgan fingerprint density at radius 3 is 1.39 bits per heavy atom. The van der Waals surface area contributed by atoms with Crippen LogP contribution in [0.4, 0.5) is 22.7 Å². The van der Waals surface area contributed by atoms with Crippen molar-refractivity contribution in [3.63, 3.8) is 0 Å². The average Bonchev–Trinajstić information content (AvgIpc) is 3.05. The first kappa shape index (κ1) is 23.7. The number of anilines is 4. The van der Waals surface area contributed by atoms with Crippen LogP contribution < -0.4 is 25.4 Å². The fourth-order valence-corrected chi connectivity index (χ4v) is 6.47. The highest BCUT2D eigenvalue weighted by molar-refractivity contribution is 6.91. The van der Waals surface area contributed by atoms with E-state index in [-0.39, 0.29) is 6.85 Å². The summed E-state index contributed by atoms with van der Waals surface area (Å²) in [5.41, 5.74) is 11.8. The first-order valence-electron chi connectivity index (χ1n) is 14.0. The molecule has 0 aliphatic carbocycles. The first-order valence-corrected chi connectivity index (χ1v) is 14.0. The molecule has 0 saturated heterocycles. The zero-order valence-corrected chi connectivity index (χ0v) is 22.7. The summed E-state index contributed by atoms with van der Waals surface area (Å²) >= 11 is 0. The fraction of sp³-hybridized carbons (Fsp3) is 0.0270. The van der Waals surface area contributed by atoms with Crippen molar-refractivity contribution in [1.82, 2.24) is 0 Å². The molecule has 0 radical (unpaired) electrons. The highest BCUT2D eigenvalue weighted by Gasteiger charge is 2.43. The molecule has 0 unspecified atom stereocenters. The minimum Gasteiger partial charge on any atom is -0.458 e. The molecule has 0 aromatic heterocycles. The summed E-state index contributed by atoms with van der Waals surface area (Å²) < 4.78 is 6.49. The van der Waals surface area contributed by atoms with Gasteiger partial charge in [0.1, 0.15) is 11.5 Å². The number of nitrogens with zero attached hydrogens (tertiary/aromatic N) is 2. The van der Waals surface area contributed by atoms with E-state index < -0.39 is 0 Å². The van der Waals surface area contributed by atoms with Crippen LogP contribution >= 0.6 is 0 Å². The Morgan fingerprint density at radius 1 is 0.463 bits per heavy atom. The van der Waals surface area contributed by atoms with Crippen LogP contribution in [-0.2, 0) is 0 Å². The van der Waals surface area contributed by atoms with E-state index in [1.54, 1.807) is 0 Å². The molecular formula is C37H27BN2O. The lowest BCUT2D eigenvalue weighted by Crippen LogP contribution is -2.58. The predicted octanol–water partition coefficient (Wildman–Crippen LogP) is 8.15. The van der Waals surface area contributed by atoms with Gasteiger partial charge >= 0.3 is 6.85 Å². The Kier molecular flexibility index (Phi) is 5.46. The molecule has 2 aliphatic rings. The van der Waals surface area contributed by atoms with Crippen LogP contribution in [-0.4, -0.2) is 13.9 Å². The number of hydrogen-bond acceptors (Lipinski definition) is 3. The van der Waals surface area contributed by atoms with Gasteiger partial charge in [0.15, 0.2) is 0 Å². The smallest absolute Gasteiger partial charge is 0.335 e. The Morgan fingerprint density at radius 2 is 0.902 bits per heavy atom. The molecule has 0 saturated carbocycles. The molecule has 0 bridgehead atoms. The van der Waals surface area contributed by atoms with Gasteiger partial charge in [-0.3, -0.25) is 0 Å². The maximum absolute atomic E-state index is 6.49. The van der Waals surface area contributed by atoms with Crippen LogP contribution in [0.5, 0.6) is 11.5 Å². The molecule has 8 rings (SSSR count). The molecule has 194 valence electrons. The average molecular weight is 526 g/mol. The number of ether oxygens (including phenoxy) is 1. The summed E-state index contributed by atoms with van der Waals surface area (Å²) in [5.74, 6) is 1.79. The van der Waals surface area contributed by atoms with Crippen molar-refractivity contribution in [3.05, 3.63) is 146 Å². The summed E-state index contributed by atoms with van der Waals surface area (Å²) in [6, 6.07) is 51.7. The van der Waals surface area contributed by atoms with Gasteiger partial charge in [-0.15, -0.1) is 0 Å². The van der Waals surface area contributed by atoms with Crippen molar-refractivity contribution in [1.29, 1.82) is 0 Å². The zero-order chi connectivity index (χ0) is 27.3. The van der Waals surface area contributed by atoms with E-state index >= 15 is 0 Å². The number of benzene rings is 6. The molecule has 0 amide bonds. The fourth-order valence-electron chi connectivity index (χ4n) is 6.47. The first-order chi connectivity index (χ1) is 20.3. The molecular weight excluding hydrogens is 499 g/mol. The van der Waals surface area contributed by atoms with Crippen molar-refractivity contribution in [3.8, 4) is 33.8 Å². The largest absolute Gasteiger partial charge is 0.458 e. The van der Waals surface area contributed by atoms with Crippen molar-refractivity contribution in [2.45, 2.75) is 0 Å². The summed E-state index contributed by atoms with van der Waals surface area (Å²) in [5, 5.41) is 0. The van der Waals surface area contributed by atoms with E-state index in [0.29, 0.717) is 0 Å². The van der Waals surface area contributed by atoms with Crippen molar-refractivity contribution in [2.75, 3.05) is 16.8 Å². The maximum atomic E-state index is 6.49. The third kappa shape index (κ3) is 3.68. The van der Waals surface area contributed by atoms with Crippen LogP contribution in [0, 0.1) is 0 Å². The van der Waals surface area contributed by atoms with Crippen molar-refractivity contribution < 1.29 is 4.74 Å². The van der Waals surface area contributed by atoms with Gasteiger partial charge < -0.3 is 14.4 Å². The monoisotopic (exact) mass is 526 g/mol. The van der Waals surface area contributed by atoms with E-state index in [2.05, 4.69) is 162 Å². The topological polar surface area (TPSA) is 15.7 Å². The Bertz CT molecular complexity index is 1770. The molecule has 3 nitrogen and oxygen atoms in total. The van der Waals surface area contributed by atoms with Crippen LogP contribution in [0.2, 0.25) is 0 Å². The summed E-state index contributed by atoms with van der Waals surface area (Å²) in [7, 11) is 2.18. The van der Waals surface area contributed by atoms with E-state index in [1.807, 2.05) is 0 Å². The number of fused-ring (bicyclic) bond motifs is 4. The minimum absolute atomic E-state index is 0.0999. The van der Waals surface area contributed by atoms with Gasteiger partial charge in [0.05, 0.1) is 22.7 Å². The Balaban J connectivity index is 1.51. The molecule has 41 heavy (non-hydrogen) atoms. The normalized spacial score (nSPS) is 13.0. The molecule has 0 spiro atoms. The summed E-state index contributed by atoms with van der Waals surface area (Å²) in [4.78, 5) is 4.92. The van der Waals surface area contributed by atoms with Gasteiger partial charge in [-0.2, -0.15) is 0 Å². The number of rotatable bonds is 3. The second-order valence-corrected chi connectivity index (χ2v) is 10.6. The van der Waals surface area contributed by atoms with Crippen molar-refractivity contribution >= 4 is 40.5 Å². The molecule has 6 aromatic rings. The zero-order valence-electron chi connectivity index (χ0n) is 22.7. The quantitative estimate of drug-likeness (QED) is 0.217. The highest BCUT2D eigenvalue weighted by atomic mass is 16.5. The van der Waals surface area contributed by atoms with Crippen LogP contribution in [0.15, 0.2) is 146 Å². The van der Waals surface area contributed by atoms with E-state index in [9.17, 15) is 0 Å². The van der Waals surface area contributed by atoms with Crippen molar-refractivity contribution in [2.24, 2.45) is 0 Å². The van der Waals surface area contributed by atoms with Gasteiger partial charge in [0.2, 0.25) is 0 Å². The maximum Gasteiger partial charge on any atom is 0.335 e. The predicted molar refractivity (Wildman–Crippen MR) is 172 cm³/mol. The molecule has 2 aliphatic heterocycles. The standard InChI is InChI=1S/C37H27BN2O/c1-39-32-22-12-18-28(26-14-4-2-5-15-26)36(32)40(37-29(19-13-23-33(37)39)27-16-6-3-7-17-27)38-30-20-8-10-24-34(30)41-35-25-11-9-21-31(35)38/h2-25H,1H3. The SMILES string of the molecule is CN1c2cccc(-c3ccccc3)c2N(B2c3ccccc3Oc3ccccc32)c2c(-c3ccccc3)cccc21. The third-order valence-corrected chi connectivity index (χ3v) is 8.31. The lowest BCUT2D eigenvalue weighted by Gasteiger charge is -2.45. The second-order valence-electron chi connectivity index (χ2n) is 10.6. The van der Waals surface area contributed by atoms with Gasteiger partial charge in [0, 0.05) is 18.2 Å². The van der Waals surface area contributed by atoms with Gasteiger partial charge in [0.25, 0.3) is 0 Å². The summed E-state index contributed by atoms with van der Waals surface area (Å²) in [6.07, 6.45) is 0. The van der Waals surface area contributed by atoms with Crippen LogP contribution in [0.3, 0.4) is 0 Å². The lowest BCUT2D eigenvalue weighted by molar-refractivity contribution is 0.487. The second kappa shape index (κ2) is 9.46. The molecule has 0 atom stereocenters. The van der Waals surface area contributed by atoms with E-state index in [0.717, 1.165) is 22.4 Å². The number of para-hydroxylation sites is 4. The highest BCUT2D eigenvalue weighted by Crippen LogP contribution is 2.54. The molecule has 2 heterocycles. The molecule has 0 fully saturated rings. The summed E-state index contributed by atoms with van der Waals surface area (Å²) in [6.45, 7) is -0.0999. The Hall–Kier alpha value is -5.22. The van der Waals surface area contributed by atoms with E-state index in [1.165, 1.54) is 45.0 Å². The molecule has 0 N–H and O–H groups in total. The third-order valence-electron chi connectivity index (χ3n) is 8.31.